The number of rotatable bonds is 14. The smallest absolute Gasteiger partial charge is 0.0704 e. The van der Waals surface area contributed by atoms with Crippen LogP contribution in [0.15, 0.2) is 0 Å². The Labute approximate surface area is 124 Å². The lowest BCUT2D eigenvalue weighted by Gasteiger charge is -2.31. The number of aliphatic hydroxyl groups is 1. The highest BCUT2D eigenvalue weighted by molar-refractivity contribution is 4.84. The van der Waals surface area contributed by atoms with Crippen molar-refractivity contribution < 1.29 is 19.3 Å². The van der Waals surface area contributed by atoms with E-state index in [0.717, 1.165) is 32.4 Å². The zero-order valence-corrected chi connectivity index (χ0v) is 13.6. The molecule has 0 aromatic heterocycles. The van der Waals surface area contributed by atoms with Gasteiger partial charge < -0.3 is 24.6 Å². The van der Waals surface area contributed by atoms with Crippen molar-refractivity contribution in [1.82, 2.24) is 5.32 Å². The minimum absolute atomic E-state index is 0.0964. The lowest BCUT2D eigenvalue weighted by atomic mass is 9.95. The second-order valence-corrected chi connectivity index (χ2v) is 5.49. The molecule has 122 valence electrons. The van der Waals surface area contributed by atoms with Crippen molar-refractivity contribution in [1.29, 1.82) is 0 Å². The van der Waals surface area contributed by atoms with Gasteiger partial charge in [-0.05, 0) is 39.7 Å². The van der Waals surface area contributed by atoms with Gasteiger partial charge >= 0.3 is 0 Å². The Balaban J connectivity index is 3.66. The molecule has 0 bridgehead atoms. The van der Waals surface area contributed by atoms with Gasteiger partial charge in [0.15, 0.2) is 0 Å². The number of aliphatic hydroxyl groups excluding tert-OH is 1. The van der Waals surface area contributed by atoms with Gasteiger partial charge in [-0.2, -0.15) is 0 Å². The molecule has 0 saturated heterocycles. The number of hydrogen-bond donors (Lipinski definition) is 2. The summed E-state index contributed by atoms with van der Waals surface area (Å²) in [7, 11) is 1.69. The number of ether oxygens (including phenoxy) is 3. The van der Waals surface area contributed by atoms with Gasteiger partial charge in [0.2, 0.25) is 0 Å². The summed E-state index contributed by atoms with van der Waals surface area (Å²) in [5.74, 6) is 0. The molecule has 20 heavy (non-hydrogen) atoms. The van der Waals surface area contributed by atoms with E-state index in [1.54, 1.807) is 7.11 Å². The zero-order chi connectivity index (χ0) is 15.3. The van der Waals surface area contributed by atoms with Gasteiger partial charge in [-0.25, -0.2) is 0 Å². The molecule has 0 aliphatic rings. The van der Waals surface area contributed by atoms with Crippen molar-refractivity contribution in [2.75, 3.05) is 46.7 Å². The Hall–Kier alpha value is -0.200. The maximum Gasteiger partial charge on any atom is 0.0704 e. The Morgan fingerprint density at radius 1 is 1.20 bits per heavy atom. The Bertz CT molecular complexity index is 216. The van der Waals surface area contributed by atoms with E-state index in [-0.39, 0.29) is 18.2 Å². The Morgan fingerprint density at radius 3 is 2.55 bits per heavy atom. The summed E-state index contributed by atoms with van der Waals surface area (Å²) in [6, 6.07) is 0. The van der Waals surface area contributed by atoms with Gasteiger partial charge in [0, 0.05) is 25.9 Å². The topological polar surface area (TPSA) is 60.0 Å². The average Bonchev–Trinajstić information content (AvgIpc) is 2.44. The first kappa shape index (κ1) is 19.8. The maximum absolute atomic E-state index is 9.50. The first-order chi connectivity index (χ1) is 9.58. The molecule has 0 amide bonds. The quantitative estimate of drug-likeness (QED) is 0.476. The Morgan fingerprint density at radius 2 is 1.95 bits per heavy atom. The third-order valence-electron chi connectivity index (χ3n) is 3.16. The van der Waals surface area contributed by atoms with E-state index in [9.17, 15) is 5.11 Å². The van der Waals surface area contributed by atoms with E-state index in [1.165, 1.54) is 0 Å². The fourth-order valence-corrected chi connectivity index (χ4v) is 2.03. The fraction of sp³-hybridized carbons (Fsp3) is 1.00. The van der Waals surface area contributed by atoms with Gasteiger partial charge in [-0.3, -0.25) is 0 Å². The first-order valence-corrected chi connectivity index (χ1v) is 7.62. The summed E-state index contributed by atoms with van der Waals surface area (Å²) >= 11 is 0. The standard InChI is InChI=1S/C15H33NO4/c1-5-7-16-15(3,13-17)12-14(2)20-11-10-19-9-6-8-18-4/h14,16-17H,5-13H2,1-4H3. The van der Waals surface area contributed by atoms with Crippen molar-refractivity contribution >= 4 is 0 Å². The molecule has 0 aromatic carbocycles. The molecule has 2 unspecified atom stereocenters. The van der Waals surface area contributed by atoms with Crippen LogP contribution in [0.25, 0.3) is 0 Å². The molecule has 0 heterocycles. The zero-order valence-electron chi connectivity index (χ0n) is 13.6. The first-order valence-electron chi connectivity index (χ1n) is 7.62. The van der Waals surface area contributed by atoms with Crippen LogP contribution < -0.4 is 5.32 Å². The van der Waals surface area contributed by atoms with Crippen LogP contribution in [0, 0.1) is 0 Å². The van der Waals surface area contributed by atoms with Crippen LogP contribution in [-0.4, -0.2) is 63.4 Å². The van der Waals surface area contributed by atoms with E-state index < -0.39 is 0 Å². The molecule has 0 aromatic rings. The van der Waals surface area contributed by atoms with E-state index >= 15 is 0 Å². The SMILES string of the molecule is CCCNC(C)(CO)CC(C)OCCOCCCOC. The molecule has 0 aliphatic heterocycles. The molecule has 0 aliphatic carbocycles. The summed E-state index contributed by atoms with van der Waals surface area (Å²) in [5, 5.41) is 12.9. The van der Waals surface area contributed by atoms with E-state index in [4.69, 9.17) is 14.2 Å². The van der Waals surface area contributed by atoms with Gasteiger partial charge in [0.1, 0.15) is 0 Å². The molecule has 0 radical (unpaired) electrons. The van der Waals surface area contributed by atoms with Crippen molar-refractivity contribution in [3.63, 3.8) is 0 Å². The van der Waals surface area contributed by atoms with Crippen LogP contribution in [0.5, 0.6) is 0 Å². The number of nitrogens with one attached hydrogen (secondary N) is 1. The maximum atomic E-state index is 9.50. The largest absolute Gasteiger partial charge is 0.394 e. The third-order valence-corrected chi connectivity index (χ3v) is 3.16. The third kappa shape index (κ3) is 10.6. The van der Waals surface area contributed by atoms with Crippen LogP contribution in [-0.2, 0) is 14.2 Å². The molecule has 2 atom stereocenters. The molecule has 0 fully saturated rings. The van der Waals surface area contributed by atoms with E-state index in [2.05, 4.69) is 12.2 Å². The summed E-state index contributed by atoms with van der Waals surface area (Å²) in [6.45, 7) is 9.84. The van der Waals surface area contributed by atoms with Crippen LogP contribution in [0.4, 0.5) is 0 Å². The molecule has 0 rings (SSSR count). The van der Waals surface area contributed by atoms with Gasteiger partial charge in [0.25, 0.3) is 0 Å². The number of methoxy groups -OCH3 is 1. The van der Waals surface area contributed by atoms with Crippen LogP contribution >= 0.6 is 0 Å². The summed E-state index contributed by atoms with van der Waals surface area (Å²) < 4.78 is 16.1. The normalized spacial score (nSPS) is 16.1. The molecule has 5 heteroatoms. The second kappa shape index (κ2) is 12.5. The van der Waals surface area contributed by atoms with Gasteiger partial charge in [-0.15, -0.1) is 0 Å². The van der Waals surface area contributed by atoms with Crippen LogP contribution in [0.1, 0.15) is 40.0 Å². The minimum atomic E-state index is -0.269. The van der Waals surface area contributed by atoms with Crippen molar-refractivity contribution in [2.45, 2.75) is 51.7 Å². The van der Waals surface area contributed by atoms with Gasteiger partial charge in [-0.1, -0.05) is 6.92 Å². The van der Waals surface area contributed by atoms with Crippen LogP contribution in [0.3, 0.4) is 0 Å². The highest BCUT2D eigenvalue weighted by Gasteiger charge is 2.25. The Kier molecular flexibility index (Phi) is 12.4. The van der Waals surface area contributed by atoms with Crippen molar-refractivity contribution in [3.8, 4) is 0 Å². The lowest BCUT2D eigenvalue weighted by Crippen LogP contribution is -2.48. The number of hydrogen-bond acceptors (Lipinski definition) is 5. The summed E-state index contributed by atoms with van der Waals surface area (Å²) in [4.78, 5) is 0. The monoisotopic (exact) mass is 291 g/mol. The van der Waals surface area contributed by atoms with E-state index in [1.807, 2.05) is 13.8 Å². The summed E-state index contributed by atoms with van der Waals surface area (Å²) in [5.41, 5.74) is -0.269. The molecular formula is C15H33NO4. The fourth-order valence-electron chi connectivity index (χ4n) is 2.03. The predicted molar refractivity (Wildman–Crippen MR) is 81.1 cm³/mol. The highest BCUT2D eigenvalue weighted by Crippen LogP contribution is 2.14. The lowest BCUT2D eigenvalue weighted by molar-refractivity contribution is -0.00936. The molecule has 2 N–H and O–H groups in total. The molecule has 0 saturated carbocycles. The second-order valence-electron chi connectivity index (χ2n) is 5.49. The highest BCUT2D eigenvalue weighted by atomic mass is 16.5. The van der Waals surface area contributed by atoms with Gasteiger partial charge in [0.05, 0.1) is 25.9 Å². The predicted octanol–water partition coefficient (Wildman–Crippen LogP) is 1.59. The van der Waals surface area contributed by atoms with E-state index in [0.29, 0.717) is 19.8 Å². The van der Waals surface area contributed by atoms with Crippen molar-refractivity contribution in [3.05, 3.63) is 0 Å². The van der Waals surface area contributed by atoms with Crippen LogP contribution in [0.2, 0.25) is 0 Å². The minimum Gasteiger partial charge on any atom is -0.394 e. The molecule has 5 nitrogen and oxygen atoms in total. The van der Waals surface area contributed by atoms with Crippen molar-refractivity contribution in [2.24, 2.45) is 0 Å². The average molecular weight is 291 g/mol. The molecule has 0 spiro atoms. The summed E-state index contributed by atoms with van der Waals surface area (Å²) in [6.07, 6.45) is 2.85. The molecular weight excluding hydrogens is 258 g/mol.